The van der Waals surface area contributed by atoms with Gasteiger partial charge in [0, 0.05) is 49.7 Å². The summed E-state index contributed by atoms with van der Waals surface area (Å²) >= 11 is 1.78. The first-order valence-corrected chi connectivity index (χ1v) is 11.2. The quantitative estimate of drug-likeness (QED) is 0.776. The van der Waals surface area contributed by atoms with Crippen molar-refractivity contribution < 1.29 is 9.59 Å². The molecular formula is C23H27N3O2S. The number of carbonyl (C=O) groups is 2. The average molecular weight is 410 g/mol. The van der Waals surface area contributed by atoms with Crippen molar-refractivity contribution in [1.29, 1.82) is 0 Å². The van der Waals surface area contributed by atoms with Gasteiger partial charge in [-0.2, -0.15) is 0 Å². The fourth-order valence-electron chi connectivity index (χ4n) is 4.10. The third kappa shape index (κ3) is 4.49. The van der Waals surface area contributed by atoms with Crippen molar-refractivity contribution in [2.75, 3.05) is 43.9 Å². The lowest BCUT2D eigenvalue weighted by Crippen LogP contribution is -2.49. The zero-order valence-corrected chi connectivity index (χ0v) is 17.6. The van der Waals surface area contributed by atoms with Gasteiger partial charge < -0.3 is 14.7 Å². The van der Waals surface area contributed by atoms with E-state index in [1.54, 1.807) is 11.8 Å². The van der Waals surface area contributed by atoms with Gasteiger partial charge in [-0.3, -0.25) is 9.59 Å². The Labute approximate surface area is 176 Å². The van der Waals surface area contributed by atoms with Crippen LogP contribution in [0.5, 0.6) is 0 Å². The average Bonchev–Trinajstić information content (AvgIpc) is 2.77. The maximum Gasteiger partial charge on any atom is 0.227 e. The van der Waals surface area contributed by atoms with Crippen LogP contribution in [0.3, 0.4) is 0 Å². The molecule has 0 bridgehead atoms. The molecule has 1 unspecified atom stereocenters. The van der Waals surface area contributed by atoms with Crippen LogP contribution in [-0.2, 0) is 9.59 Å². The van der Waals surface area contributed by atoms with Crippen LogP contribution >= 0.6 is 11.8 Å². The molecule has 0 N–H and O–H groups in total. The van der Waals surface area contributed by atoms with E-state index in [1.165, 1.54) is 0 Å². The summed E-state index contributed by atoms with van der Waals surface area (Å²) in [5, 5.41) is 0. The van der Waals surface area contributed by atoms with Crippen LogP contribution in [0.4, 0.5) is 5.69 Å². The Kier molecular flexibility index (Phi) is 6.21. The van der Waals surface area contributed by atoms with Gasteiger partial charge in [0.15, 0.2) is 0 Å². The van der Waals surface area contributed by atoms with Crippen LogP contribution in [0, 0.1) is 0 Å². The first-order valence-electron chi connectivity index (χ1n) is 10.2. The number of benzene rings is 2. The standard InChI is InChI=1S/C23H27N3O2S/c1-24-13-14-25(20(17-24)18-7-3-2-4-8-18)22(27)11-12-23(28)26-15-16-29-21-10-6-5-9-19(21)26/h2-10,20H,11-17H2,1H3. The molecule has 0 aliphatic carbocycles. The summed E-state index contributed by atoms with van der Waals surface area (Å²) in [5.41, 5.74) is 2.13. The topological polar surface area (TPSA) is 43.9 Å². The van der Waals surface area contributed by atoms with Gasteiger partial charge in [-0.15, -0.1) is 11.8 Å². The van der Waals surface area contributed by atoms with Crippen LogP contribution < -0.4 is 4.90 Å². The van der Waals surface area contributed by atoms with E-state index in [4.69, 9.17) is 0 Å². The van der Waals surface area contributed by atoms with Gasteiger partial charge in [0.2, 0.25) is 11.8 Å². The predicted octanol–water partition coefficient (Wildman–Crippen LogP) is 3.42. The normalized spacial score (nSPS) is 19.7. The molecule has 2 aromatic rings. The minimum Gasteiger partial charge on any atom is -0.333 e. The fraction of sp³-hybridized carbons (Fsp3) is 0.391. The second-order valence-corrected chi connectivity index (χ2v) is 8.77. The SMILES string of the molecule is CN1CCN(C(=O)CCC(=O)N2CCSc3ccccc32)C(c2ccccc2)C1. The number of amides is 2. The lowest BCUT2D eigenvalue weighted by Gasteiger charge is -2.40. The summed E-state index contributed by atoms with van der Waals surface area (Å²) < 4.78 is 0. The van der Waals surface area contributed by atoms with E-state index in [-0.39, 0.29) is 30.7 Å². The molecule has 29 heavy (non-hydrogen) atoms. The van der Waals surface area contributed by atoms with Crippen LogP contribution in [0.15, 0.2) is 59.5 Å². The number of fused-ring (bicyclic) bond motifs is 1. The number of hydrogen-bond donors (Lipinski definition) is 0. The van der Waals surface area contributed by atoms with Gasteiger partial charge in [-0.25, -0.2) is 0 Å². The summed E-state index contributed by atoms with van der Waals surface area (Å²) in [6.45, 7) is 3.09. The summed E-state index contributed by atoms with van der Waals surface area (Å²) in [5.74, 6) is 1.00. The number of hydrogen-bond acceptors (Lipinski definition) is 4. The monoisotopic (exact) mass is 409 g/mol. The second-order valence-electron chi connectivity index (χ2n) is 7.64. The number of anilines is 1. The molecular weight excluding hydrogens is 382 g/mol. The Balaban J connectivity index is 1.42. The molecule has 4 rings (SSSR count). The van der Waals surface area contributed by atoms with Gasteiger partial charge in [0.1, 0.15) is 0 Å². The van der Waals surface area contributed by atoms with E-state index in [2.05, 4.69) is 30.1 Å². The number of rotatable bonds is 4. The summed E-state index contributed by atoms with van der Waals surface area (Å²) in [7, 11) is 2.09. The summed E-state index contributed by atoms with van der Waals surface area (Å²) in [6, 6.07) is 18.2. The predicted molar refractivity (Wildman–Crippen MR) is 117 cm³/mol. The molecule has 0 aromatic heterocycles. The molecule has 2 heterocycles. The molecule has 5 nitrogen and oxygen atoms in total. The van der Waals surface area contributed by atoms with Crippen LogP contribution in [-0.4, -0.2) is 60.6 Å². The summed E-state index contributed by atoms with van der Waals surface area (Å²) in [4.78, 5) is 33.1. The number of likely N-dealkylation sites (N-methyl/N-ethyl adjacent to an activating group) is 1. The Morgan fingerprint density at radius 1 is 0.931 bits per heavy atom. The molecule has 2 aliphatic heterocycles. The molecule has 152 valence electrons. The maximum absolute atomic E-state index is 13.1. The Morgan fingerprint density at radius 3 is 2.48 bits per heavy atom. The highest BCUT2D eigenvalue weighted by molar-refractivity contribution is 7.99. The summed E-state index contributed by atoms with van der Waals surface area (Å²) in [6.07, 6.45) is 0.517. The van der Waals surface area contributed by atoms with Crippen molar-refractivity contribution in [1.82, 2.24) is 9.80 Å². The number of thioether (sulfide) groups is 1. The molecule has 0 radical (unpaired) electrons. The van der Waals surface area contributed by atoms with Crippen molar-refractivity contribution in [3.63, 3.8) is 0 Å². The van der Waals surface area contributed by atoms with Gasteiger partial charge >= 0.3 is 0 Å². The Hall–Kier alpha value is -2.31. The molecule has 6 heteroatoms. The van der Waals surface area contributed by atoms with E-state index in [0.29, 0.717) is 13.1 Å². The van der Waals surface area contributed by atoms with Crippen LogP contribution in [0.2, 0.25) is 0 Å². The Bertz CT molecular complexity index is 873. The lowest BCUT2D eigenvalue weighted by atomic mass is 10.0. The Morgan fingerprint density at radius 2 is 1.66 bits per heavy atom. The van der Waals surface area contributed by atoms with Crippen LogP contribution in [0.1, 0.15) is 24.4 Å². The van der Waals surface area contributed by atoms with Gasteiger partial charge in [0.25, 0.3) is 0 Å². The highest BCUT2D eigenvalue weighted by Gasteiger charge is 2.31. The van der Waals surface area contributed by atoms with Gasteiger partial charge in [0.05, 0.1) is 11.7 Å². The van der Waals surface area contributed by atoms with E-state index >= 15 is 0 Å². The molecule has 2 aliphatic rings. The van der Waals surface area contributed by atoms with E-state index in [0.717, 1.165) is 35.0 Å². The minimum atomic E-state index is 0.0384. The van der Waals surface area contributed by atoms with Gasteiger partial charge in [-0.05, 0) is 24.7 Å². The van der Waals surface area contributed by atoms with Gasteiger partial charge in [-0.1, -0.05) is 42.5 Å². The highest BCUT2D eigenvalue weighted by atomic mass is 32.2. The zero-order chi connectivity index (χ0) is 20.2. The molecule has 2 aromatic carbocycles. The molecule has 0 spiro atoms. The third-order valence-corrected chi connectivity index (χ3v) is 6.71. The van der Waals surface area contributed by atoms with Crippen molar-refractivity contribution in [2.45, 2.75) is 23.8 Å². The second kappa shape index (κ2) is 9.01. The number of nitrogens with zero attached hydrogens (tertiary/aromatic N) is 3. The maximum atomic E-state index is 13.1. The number of para-hydroxylation sites is 1. The van der Waals surface area contributed by atoms with E-state index < -0.39 is 0 Å². The molecule has 1 atom stereocenters. The third-order valence-electron chi connectivity index (χ3n) is 5.67. The van der Waals surface area contributed by atoms with Crippen molar-refractivity contribution in [3.8, 4) is 0 Å². The van der Waals surface area contributed by atoms with E-state index in [9.17, 15) is 9.59 Å². The molecule has 0 saturated carbocycles. The first kappa shape index (κ1) is 20.0. The number of piperazine rings is 1. The minimum absolute atomic E-state index is 0.0384. The fourth-order valence-corrected chi connectivity index (χ4v) is 5.09. The van der Waals surface area contributed by atoms with Crippen LogP contribution in [0.25, 0.3) is 0 Å². The largest absolute Gasteiger partial charge is 0.333 e. The van der Waals surface area contributed by atoms with Crippen molar-refractivity contribution in [3.05, 3.63) is 60.2 Å². The van der Waals surface area contributed by atoms with Crippen molar-refractivity contribution >= 4 is 29.3 Å². The number of carbonyl (C=O) groups excluding carboxylic acids is 2. The highest BCUT2D eigenvalue weighted by Crippen LogP contribution is 2.34. The lowest BCUT2D eigenvalue weighted by molar-refractivity contribution is -0.137. The van der Waals surface area contributed by atoms with E-state index in [1.807, 2.05) is 46.2 Å². The van der Waals surface area contributed by atoms with Crippen molar-refractivity contribution in [2.24, 2.45) is 0 Å². The molecule has 2 amide bonds. The zero-order valence-electron chi connectivity index (χ0n) is 16.8. The first-order chi connectivity index (χ1) is 14.1. The smallest absolute Gasteiger partial charge is 0.227 e. The molecule has 1 saturated heterocycles. The molecule has 1 fully saturated rings.